The molecule has 0 aromatic carbocycles. The number of aromatic nitrogens is 2. The largest absolute Gasteiger partial charge is 0.351 e. The molecule has 1 unspecified atom stereocenters. The molecule has 1 aromatic rings. The van der Waals surface area contributed by atoms with Crippen molar-refractivity contribution in [3.05, 3.63) is 11.9 Å². The molecule has 0 spiro atoms. The average molecular weight is 240 g/mol. The zero-order chi connectivity index (χ0) is 11.2. The van der Waals surface area contributed by atoms with Gasteiger partial charge in [0.25, 0.3) is 5.91 Å². The summed E-state index contributed by atoms with van der Waals surface area (Å²) in [5, 5.41) is 6.24. The lowest BCUT2D eigenvalue weighted by atomic mass is 9.96. The molecule has 88 valence electrons. The molecule has 16 heavy (non-hydrogen) atoms. The summed E-state index contributed by atoms with van der Waals surface area (Å²) in [6, 6.07) is 0. The fourth-order valence-electron chi connectivity index (χ4n) is 1.92. The van der Waals surface area contributed by atoms with Crippen LogP contribution in [0.25, 0.3) is 0 Å². The maximum atomic E-state index is 11.5. The first-order valence-electron chi connectivity index (χ1n) is 5.63. The van der Waals surface area contributed by atoms with E-state index in [-0.39, 0.29) is 5.91 Å². The Balaban J connectivity index is 1.66. The van der Waals surface area contributed by atoms with Gasteiger partial charge in [-0.05, 0) is 38.3 Å². The van der Waals surface area contributed by atoms with Crippen LogP contribution >= 0.6 is 11.7 Å². The van der Waals surface area contributed by atoms with Gasteiger partial charge in [0, 0.05) is 6.54 Å². The number of nitrogens with one attached hydrogen (secondary N) is 2. The number of hydrogen-bond acceptors (Lipinski definition) is 5. The molecule has 0 saturated carbocycles. The molecule has 1 saturated heterocycles. The number of carbonyl (C=O) groups is 1. The maximum Gasteiger partial charge on any atom is 0.272 e. The second-order valence-corrected chi connectivity index (χ2v) is 4.61. The lowest BCUT2D eigenvalue weighted by Gasteiger charge is -2.22. The number of piperidine rings is 1. The van der Waals surface area contributed by atoms with Crippen molar-refractivity contribution in [2.45, 2.75) is 19.3 Å². The molecular weight excluding hydrogens is 224 g/mol. The topological polar surface area (TPSA) is 66.9 Å². The van der Waals surface area contributed by atoms with E-state index in [0.717, 1.165) is 37.8 Å². The fourth-order valence-corrected chi connectivity index (χ4v) is 2.33. The van der Waals surface area contributed by atoms with Crippen LogP contribution in [-0.2, 0) is 0 Å². The summed E-state index contributed by atoms with van der Waals surface area (Å²) in [5.74, 6) is 0.583. The highest BCUT2D eigenvalue weighted by molar-refractivity contribution is 6.99. The smallest absolute Gasteiger partial charge is 0.272 e. The molecule has 2 N–H and O–H groups in total. The van der Waals surface area contributed by atoms with Gasteiger partial charge in [-0.2, -0.15) is 8.75 Å². The van der Waals surface area contributed by atoms with Gasteiger partial charge in [-0.3, -0.25) is 4.79 Å². The van der Waals surface area contributed by atoms with Crippen LogP contribution in [0.4, 0.5) is 0 Å². The first-order valence-corrected chi connectivity index (χ1v) is 6.36. The molecule has 2 heterocycles. The summed E-state index contributed by atoms with van der Waals surface area (Å²) in [4.78, 5) is 11.5. The molecule has 1 atom stereocenters. The number of amides is 1. The molecule has 1 aliphatic rings. The van der Waals surface area contributed by atoms with E-state index in [1.807, 2.05) is 0 Å². The molecule has 0 aliphatic carbocycles. The van der Waals surface area contributed by atoms with Gasteiger partial charge >= 0.3 is 0 Å². The second-order valence-electron chi connectivity index (χ2n) is 4.05. The van der Waals surface area contributed by atoms with Gasteiger partial charge in [-0.1, -0.05) is 0 Å². The van der Waals surface area contributed by atoms with E-state index in [1.54, 1.807) is 0 Å². The number of hydrogen-bond donors (Lipinski definition) is 2. The zero-order valence-electron chi connectivity index (χ0n) is 9.11. The molecular formula is C10H16N4OS. The Labute approximate surface area is 99.0 Å². The van der Waals surface area contributed by atoms with E-state index in [2.05, 4.69) is 19.4 Å². The van der Waals surface area contributed by atoms with E-state index in [0.29, 0.717) is 11.6 Å². The minimum atomic E-state index is -0.113. The molecule has 1 aromatic heterocycles. The third kappa shape index (κ3) is 3.24. The van der Waals surface area contributed by atoms with E-state index in [1.165, 1.54) is 19.0 Å². The maximum absolute atomic E-state index is 11.5. The molecule has 0 radical (unpaired) electrons. The van der Waals surface area contributed by atoms with Gasteiger partial charge in [0.15, 0.2) is 5.69 Å². The number of carbonyl (C=O) groups excluding carboxylic acids is 1. The van der Waals surface area contributed by atoms with Crippen molar-refractivity contribution in [3.63, 3.8) is 0 Å². The predicted octanol–water partition coefficient (Wildman–Crippen LogP) is 0.658. The predicted molar refractivity (Wildman–Crippen MR) is 62.5 cm³/mol. The van der Waals surface area contributed by atoms with Crippen molar-refractivity contribution in [1.82, 2.24) is 19.4 Å². The zero-order valence-corrected chi connectivity index (χ0v) is 9.92. The summed E-state index contributed by atoms with van der Waals surface area (Å²) >= 11 is 1.06. The van der Waals surface area contributed by atoms with Gasteiger partial charge in [0.05, 0.1) is 17.9 Å². The Morgan fingerprint density at radius 3 is 3.31 bits per heavy atom. The quantitative estimate of drug-likeness (QED) is 0.811. The molecule has 1 aliphatic heterocycles. The van der Waals surface area contributed by atoms with Crippen molar-refractivity contribution in [2.24, 2.45) is 5.92 Å². The third-order valence-corrected chi connectivity index (χ3v) is 3.31. The van der Waals surface area contributed by atoms with E-state index in [9.17, 15) is 4.79 Å². The summed E-state index contributed by atoms with van der Waals surface area (Å²) in [7, 11) is 0. The monoisotopic (exact) mass is 240 g/mol. The van der Waals surface area contributed by atoms with Gasteiger partial charge < -0.3 is 10.6 Å². The minimum Gasteiger partial charge on any atom is -0.351 e. The van der Waals surface area contributed by atoms with Crippen molar-refractivity contribution < 1.29 is 4.79 Å². The normalized spacial score (nSPS) is 20.6. The van der Waals surface area contributed by atoms with Crippen molar-refractivity contribution in [2.75, 3.05) is 19.6 Å². The average Bonchev–Trinajstić information content (AvgIpc) is 2.84. The second kappa shape index (κ2) is 5.91. The van der Waals surface area contributed by atoms with Crippen LogP contribution in [-0.4, -0.2) is 34.3 Å². The van der Waals surface area contributed by atoms with Crippen LogP contribution in [0.3, 0.4) is 0 Å². The van der Waals surface area contributed by atoms with Crippen molar-refractivity contribution in [1.29, 1.82) is 0 Å². The standard InChI is InChI=1S/C10H16N4OS/c15-10(9-7-13-16-14-9)12-5-3-8-2-1-4-11-6-8/h7-8,11H,1-6H2,(H,12,15). The van der Waals surface area contributed by atoms with Crippen LogP contribution in [0, 0.1) is 5.92 Å². The molecule has 0 bridgehead atoms. The Hall–Kier alpha value is -1.01. The Bertz CT molecular complexity index is 322. The van der Waals surface area contributed by atoms with Gasteiger partial charge in [-0.15, -0.1) is 0 Å². The van der Waals surface area contributed by atoms with E-state index < -0.39 is 0 Å². The number of rotatable bonds is 4. The van der Waals surface area contributed by atoms with Crippen LogP contribution in [0.15, 0.2) is 6.20 Å². The highest BCUT2D eigenvalue weighted by Gasteiger charge is 2.13. The molecule has 1 fully saturated rings. The molecule has 6 heteroatoms. The minimum absolute atomic E-state index is 0.113. The van der Waals surface area contributed by atoms with Gasteiger partial charge in [0.1, 0.15) is 0 Å². The molecule has 2 rings (SSSR count). The van der Waals surface area contributed by atoms with Crippen LogP contribution in [0.1, 0.15) is 29.8 Å². The van der Waals surface area contributed by atoms with Crippen LogP contribution in [0.2, 0.25) is 0 Å². The summed E-state index contributed by atoms with van der Waals surface area (Å²) in [5.41, 5.74) is 0.423. The van der Waals surface area contributed by atoms with Gasteiger partial charge in [0.2, 0.25) is 0 Å². The summed E-state index contributed by atoms with van der Waals surface area (Å²) in [6.45, 7) is 2.93. The third-order valence-electron chi connectivity index (χ3n) is 2.83. The van der Waals surface area contributed by atoms with E-state index in [4.69, 9.17) is 0 Å². The molecule has 5 nitrogen and oxygen atoms in total. The van der Waals surface area contributed by atoms with E-state index >= 15 is 0 Å². The summed E-state index contributed by atoms with van der Waals surface area (Å²) in [6.07, 6.45) is 5.05. The first kappa shape index (κ1) is 11.5. The lowest BCUT2D eigenvalue weighted by Crippen LogP contribution is -2.33. The van der Waals surface area contributed by atoms with Crippen LogP contribution < -0.4 is 10.6 Å². The van der Waals surface area contributed by atoms with Crippen molar-refractivity contribution >= 4 is 17.6 Å². The Morgan fingerprint density at radius 1 is 1.69 bits per heavy atom. The van der Waals surface area contributed by atoms with Gasteiger partial charge in [-0.25, -0.2) is 0 Å². The fraction of sp³-hybridized carbons (Fsp3) is 0.700. The first-order chi connectivity index (χ1) is 7.86. The Kier molecular flexibility index (Phi) is 4.24. The van der Waals surface area contributed by atoms with Crippen molar-refractivity contribution in [3.8, 4) is 0 Å². The number of nitrogens with zero attached hydrogens (tertiary/aromatic N) is 2. The summed E-state index contributed by atoms with van der Waals surface area (Å²) < 4.78 is 7.69. The Morgan fingerprint density at radius 2 is 2.62 bits per heavy atom. The SMILES string of the molecule is O=C(NCCC1CCCNC1)c1cnsn1. The highest BCUT2D eigenvalue weighted by atomic mass is 32.1. The highest BCUT2D eigenvalue weighted by Crippen LogP contribution is 2.12. The van der Waals surface area contributed by atoms with Crippen LogP contribution in [0.5, 0.6) is 0 Å². The lowest BCUT2D eigenvalue weighted by molar-refractivity contribution is 0.0946. The molecule has 1 amide bonds.